The van der Waals surface area contributed by atoms with Crippen molar-refractivity contribution in [2.24, 2.45) is 5.73 Å². The lowest BCUT2D eigenvalue weighted by molar-refractivity contribution is -0.143. The third kappa shape index (κ3) is 5.05. The van der Waals surface area contributed by atoms with Crippen molar-refractivity contribution in [3.8, 4) is 11.4 Å². The Morgan fingerprint density at radius 1 is 0.968 bits per heavy atom. The number of primary amides is 1. The van der Waals surface area contributed by atoms with Gasteiger partial charge in [0.25, 0.3) is 5.91 Å². The lowest BCUT2D eigenvalue weighted by atomic mass is 10.0. The van der Waals surface area contributed by atoms with E-state index in [1.165, 1.54) is 6.07 Å². The van der Waals surface area contributed by atoms with Crippen LogP contribution in [0.15, 0.2) is 42.9 Å². The Labute approximate surface area is 168 Å². The van der Waals surface area contributed by atoms with E-state index in [9.17, 15) is 35.5 Å². The van der Waals surface area contributed by atoms with Crippen LogP contribution < -0.4 is 5.73 Å². The maximum atomic E-state index is 13.0. The Bertz CT molecular complexity index is 1120. The number of carbonyl (C=O) groups is 1. The van der Waals surface area contributed by atoms with E-state index in [1.54, 1.807) is 0 Å². The second-order valence-electron chi connectivity index (χ2n) is 6.12. The number of nitrogens with zero attached hydrogens (tertiary/aromatic N) is 4. The van der Waals surface area contributed by atoms with Gasteiger partial charge in [0.15, 0.2) is 5.82 Å². The van der Waals surface area contributed by atoms with Gasteiger partial charge in [-0.3, -0.25) is 4.79 Å². The lowest BCUT2D eigenvalue weighted by Crippen LogP contribution is -2.14. The zero-order valence-electron chi connectivity index (χ0n) is 15.0. The van der Waals surface area contributed by atoms with Gasteiger partial charge in [-0.2, -0.15) is 30.7 Å². The first-order valence-corrected chi connectivity index (χ1v) is 8.19. The molecule has 0 bridgehead atoms. The van der Waals surface area contributed by atoms with Crippen molar-refractivity contribution in [3.63, 3.8) is 0 Å². The second-order valence-corrected chi connectivity index (χ2v) is 6.12. The van der Waals surface area contributed by atoms with Crippen molar-refractivity contribution in [1.82, 2.24) is 19.7 Å². The summed E-state index contributed by atoms with van der Waals surface area (Å²) in [5, 5.41) is 3.78. The van der Waals surface area contributed by atoms with Crippen LogP contribution >= 0.6 is 0 Å². The number of hydrogen-bond donors (Lipinski definition) is 1. The number of benzene rings is 1. The molecule has 2 heterocycles. The number of carbonyl (C=O) groups excluding carboxylic acids is 1. The smallest absolute Gasteiger partial charge is 0.366 e. The molecule has 0 aliphatic rings. The first-order chi connectivity index (χ1) is 14.3. The lowest BCUT2D eigenvalue weighted by Gasteiger charge is -2.13. The van der Waals surface area contributed by atoms with E-state index in [2.05, 4.69) is 15.1 Å². The minimum atomic E-state index is -5.03. The summed E-state index contributed by atoms with van der Waals surface area (Å²) < 4.78 is 92.0. The van der Waals surface area contributed by atoms with Gasteiger partial charge in [-0.1, -0.05) is 0 Å². The Morgan fingerprint density at radius 3 is 2.06 bits per heavy atom. The number of pyridine rings is 1. The van der Waals surface area contributed by atoms with Crippen LogP contribution in [0.25, 0.3) is 23.2 Å². The molecular formula is C18H10F7N5O. The summed E-state index contributed by atoms with van der Waals surface area (Å²) in [7, 11) is 0. The molecule has 162 valence electrons. The molecule has 0 saturated heterocycles. The fourth-order valence-corrected chi connectivity index (χ4v) is 2.50. The van der Waals surface area contributed by atoms with Crippen LogP contribution in [0, 0.1) is 5.95 Å². The van der Waals surface area contributed by atoms with Gasteiger partial charge in [0.2, 0.25) is 5.95 Å². The summed E-state index contributed by atoms with van der Waals surface area (Å²) in [6.07, 6.45) is -7.10. The van der Waals surface area contributed by atoms with Crippen LogP contribution in [0.4, 0.5) is 30.7 Å². The quantitative estimate of drug-likeness (QED) is 0.374. The first-order valence-electron chi connectivity index (χ1n) is 8.19. The molecule has 0 aliphatic heterocycles. The number of nitrogens with two attached hydrogens (primary N) is 1. The van der Waals surface area contributed by atoms with Crippen LogP contribution in [0.1, 0.15) is 16.7 Å². The van der Waals surface area contributed by atoms with Crippen molar-refractivity contribution < 1.29 is 35.5 Å². The third-order valence-corrected chi connectivity index (χ3v) is 3.92. The van der Waals surface area contributed by atoms with Crippen LogP contribution in [-0.4, -0.2) is 25.7 Å². The second kappa shape index (κ2) is 7.81. The largest absolute Gasteiger partial charge is 0.416 e. The summed E-state index contributed by atoms with van der Waals surface area (Å²) >= 11 is 0. The zero-order chi connectivity index (χ0) is 23.0. The molecule has 3 rings (SSSR count). The number of halogens is 7. The van der Waals surface area contributed by atoms with Gasteiger partial charge in [0.05, 0.1) is 16.7 Å². The molecule has 1 aromatic carbocycles. The Kier molecular flexibility index (Phi) is 5.53. The van der Waals surface area contributed by atoms with Crippen molar-refractivity contribution in [3.05, 3.63) is 65.5 Å². The summed E-state index contributed by atoms with van der Waals surface area (Å²) in [6, 6.07) is 3.07. The van der Waals surface area contributed by atoms with E-state index in [1.807, 2.05) is 0 Å². The van der Waals surface area contributed by atoms with E-state index in [0.717, 1.165) is 29.5 Å². The van der Waals surface area contributed by atoms with Crippen molar-refractivity contribution >= 4 is 17.7 Å². The van der Waals surface area contributed by atoms with E-state index < -0.39 is 46.7 Å². The maximum absolute atomic E-state index is 13.0. The van der Waals surface area contributed by atoms with Gasteiger partial charge in [-0.25, -0.2) is 14.6 Å². The van der Waals surface area contributed by atoms with Gasteiger partial charge in [0.1, 0.15) is 6.33 Å². The molecule has 0 unspecified atom stereocenters. The number of amides is 1. The molecule has 0 aliphatic carbocycles. The Balaban J connectivity index is 2.06. The molecule has 0 saturated carbocycles. The summed E-state index contributed by atoms with van der Waals surface area (Å²) in [6.45, 7) is 0. The molecule has 13 heteroatoms. The summed E-state index contributed by atoms with van der Waals surface area (Å²) in [4.78, 5) is 18.8. The summed E-state index contributed by atoms with van der Waals surface area (Å²) in [5.74, 6) is -2.25. The van der Waals surface area contributed by atoms with Crippen LogP contribution in [0.5, 0.6) is 0 Å². The number of aromatic nitrogens is 4. The predicted octanol–water partition coefficient (Wildman–Crippen LogP) is 4.00. The van der Waals surface area contributed by atoms with Crippen molar-refractivity contribution in [2.75, 3.05) is 0 Å². The van der Waals surface area contributed by atoms with Gasteiger partial charge < -0.3 is 5.73 Å². The molecule has 2 N–H and O–H groups in total. The molecule has 6 nitrogen and oxygen atoms in total. The Morgan fingerprint density at radius 2 is 1.58 bits per heavy atom. The minimum Gasteiger partial charge on any atom is -0.366 e. The molecule has 0 spiro atoms. The van der Waals surface area contributed by atoms with Gasteiger partial charge in [-0.15, -0.1) is 5.10 Å². The predicted molar refractivity (Wildman–Crippen MR) is 93.0 cm³/mol. The van der Waals surface area contributed by atoms with Crippen LogP contribution in [0.2, 0.25) is 0 Å². The third-order valence-electron chi connectivity index (χ3n) is 3.92. The van der Waals surface area contributed by atoms with E-state index in [4.69, 9.17) is 5.73 Å². The highest BCUT2D eigenvalue weighted by molar-refractivity contribution is 6.22. The zero-order valence-corrected chi connectivity index (χ0v) is 15.0. The Hall–Kier alpha value is -3.77. The molecule has 2 aromatic heterocycles. The first kappa shape index (κ1) is 21.9. The van der Waals surface area contributed by atoms with E-state index in [0.29, 0.717) is 12.1 Å². The SMILES string of the molecule is NC(=O)C(=Cn1cnc(-c2cc(C(F)(F)F)cc(C(F)(F)F)c2)n1)c1ccc(F)nc1. The molecule has 0 atom stereocenters. The molecule has 0 fully saturated rings. The normalized spacial score (nSPS) is 12.8. The van der Waals surface area contributed by atoms with Gasteiger partial charge in [-0.05, 0) is 30.3 Å². The average Bonchev–Trinajstić information content (AvgIpc) is 3.14. The van der Waals surface area contributed by atoms with E-state index >= 15 is 0 Å². The van der Waals surface area contributed by atoms with Crippen LogP contribution in [-0.2, 0) is 17.1 Å². The van der Waals surface area contributed by atoms with E-state index in [-0.39, 0.29) is 17.2 Å². The van der Waals surface area contributed by atoms with Gasteiger partial charge >= 0.3 is 12.4 Å². The topological polar surface area (TPSA) is 86.7 Å². The molecule has 0 radical (unpaired) electrons. The summed E-state index contributed by atoms with van der Waals surface area (Å²) in [5.41, 5.74) is 1.56. The molecule has 3 aromatic rings. The van der Waals surface area contributed by atoms with Crippen molar-refractivity contribution in [2.45, 2.75) is 12.4 Å². The average molecular weight is 445 g/mol. The fraction of sp³-hybridized carbons (Fsp3) is 0.111. The number of alkyl halides is 6. The highest BCUT2D eigenvalue weighted by Crippen LogP contribution is 2.38. The highest BCUT2D eigenvalue weighted by Gasteiger charge is 2.37. The number of hydrogen-bond acceptors (Lipinski definition) is 4. The highest BCUT2D eigenvalue weighted by atomic mass is 19.4. The van der Waals surface area contributed by atoms with Gasteiger partial charge in [0, 0.05) is 23.5 Å². The fourth-order valence-electron chi connectivity index (χ4n) is 2.50. The number of rotatable bonds is 4. The van der Waals surface area contributed by atoms with Crippen molar-refractivity contribution in [1.29, 1.82) is 0 Å². The molecule has 31 heavy (non-hydrogen) atoms. The molecule has 1 amide bonds. The maximum Gasteiger partial charge on any atom is 0.416 e. The monoisotopic (exact) mass is 445 g/mol. The molecular weight excluding hydrogens is 435 g/mol. The minimum absolute atomic E-state index is 0.0207. The van der Waals surface area contributed by atoms with Crippen LogP contribution in [0.3, 0.4) is 0 Å². The standard InChI is InChI=1S/C18H10F7N5O/c19-14-2-1-9(6-27-14)13(15(26)31)7-30-8-28-16(29-30)10-3-11(17(20,21)22)5-12(4-10)18(23,24)25/h1-8H,(H2,26,31).